The van der Waals surface area contributed by atoms with Crippen molar-refractivity contribution in [1.29, 1.82) is 0 Å². The number of thiophene rings is 1. The van der Waals surface area contributed by atoms with Gasteiger partial charge in [-0.1, -0.05) is 25.4 Å². The molecule has 8 heteroatoms. The molecule has 4 heterocycles. The highest BCUT2D eigenvalue weighted by Crippen LogP contribution is 2.42. The Hall–Kier alpha value is -2.48. The predicted molar refractivity (Wildman–Crippen MR) is 140 cm³/mol. The molecular formula is C27H30ClN3O3S. The summed E-state index contributed by atoms with van der Waals surface area (Å²) in [6.07, 6.45) is 3.52. The number of pyridine rings is 1. The fourth-order valence-electron chi connectivity index (χ4n) is 5.14. The molecule has 6 nitrogen and oxygen atoms in total. The lowest BCUT2D eigenvalue weighted by Crippen LogP contribution is -2.44. The van der Waals surface area contributed by atoms with E-state index in [4.69, 9.17) is 16.3 Å². The maximum atomic E-state index is 12.1. The number of carbonyl (C=O) groups excluding carboxylic acids is 2. The van der Waals surface area contributed by atoms with Gasteiger partial charge in [-0.3, -0.25) is 19.5 Å². The minimum absolute atomic E-state index is 0.106. The van der Waals surface area contributed by atoms with Gasteiger partial charge in [0.25, 0.3) is 0 Å². The van der Waals surface area contributed by atoms with Crippen LogP contribution in [-0.4, -0.2) is 52.3 Å². The van der Waals surface area contributed by atoms with Gasteiger partial charge in [0.05, 0.1) is 16.8 Å². The van der Waals surface area contributed by atoms with E-state index < -0.39 is 0 Å². The molecule has 2 fully saturated rings. The molecule has 2 aliphatic heterocycles. The van der Waals surface area contributed by atoms with Gasteiger partial charge in [0, 0.05) is 59.1 Å². The standard InChI is InChI=1S/C27H30ClN3O3S/c1-4-30-10-8-23(17(3)14-30)34-26-16(2)11-18(28)12-21(26)20-7-9-29-22-13-19(35-27(20)22)15-31-24(32)5-6-25(31)33/h7,9,11-13,17,23H,4-6,8,10,14-15H2,1-3H3/t17-,23+/m0/s1. The third-order valence-corrected chi connectivity index (χ3v) is 8.45. The number of hydrogen-bond donors (Lipinski definition) is 0. The van der Waals surface area contributed by atoms with Crippen LogP contribution in [0.25, 0.3) is 21.3 Å². The molecule has 2 aliphatic rings. The Bertz CT molecular complexity index is 1270. The van der Waals surface area contributed by atoms with Gasteiger partial charge in [-0.05, 0) is 49.7 Å². The number of likely N-dealkylation sites (tertiary alicyclic amines) is 2. The van der Waals surface area contributed by atoms with Gasteiger partial charge in [0.15, 0.2) is 0 Å². The molecule has 2 amide bonds. The van der Waals surface area contributed by atoms with Gasteiger partial charge >= 0.3 is 0 Å². The van der Waals surface area contributed by atoms with E-state index in [1.54, 1.807) is 17.5 Å². The Labute approximate surface area is 214 Å². The molecule has 1 aromatic carbocycles. The molecule has 3 aromatic rings. The smallest absolute Gasteiger partial charge is 0.230 e. The number of rotatable bonds is 6. The molecule has 184 valence electrons. The summed E-state index contributed by atoms with van der Waals surface area (Å²) >= 11 is 8.09. The number of benzene rings is 1. The van der Waals surface area contributed by atoms with Crippen LogP contribution in [0.4, 0.5) is 0 Å². The second kappa shape index (κ2) is 9.88. The zero-order valence-corrected chi connectivity index (χ0v) is 21.9. The van der Waals surface area contributed by atoms with Crippen LogP contribution < -0.4 is 4.74 Å². The predicted octanol–water partition coefficient (Wildman–Crippen LogP) is 5.68. The Kier molecular flexibility index (Phi) is 6.84. The van der Waals surface area contributed by atoms with Crippen molar-refractivity contribution in [1.82, 2.24) is 14.8 Å². The lowest BCUT2D eigenvalue weighted by atomic mass is 9.95. The number of aromatic nitrogens is 1. The first-order valence-electron chi connectivity index (χ1n) is 12.2. The number of hydrogen-bond acceptors (Lipinski definition) is 6. The first-order chi connectivity index (χ1) is 16.8. The Morgan fingerprint density at radius 3 is 2.66 bits per heavy atom. The third-order valence-electron chi connectivity index (χ3n) is 7.09. The zero-order valence-electron chi connectivity index (χ0n) is 20.3. The summed E-state index contributed by atoms with van der Waals surface area (Å²) < 4.78 is 7.73. The number of halogens is 1. The average molecular weight is 512 g/mol. The Morgan fingerprint density at radius 1 is 1.17 bits per heavy atom. The minimum atomic E-state index is -0.106. The molecule has 2 aromatic heterocycles. The topological polar surface area (TPSA) is 62.7 Å². The van der Waals surface area contributed by atoms with Gasteiger partial charge in [0.2, 0.25) is 11.8 Å². The minimum Gasteiger partial charge on any atom is -0.489 e. The maximum absolute atomic E-state index is 12.1. The van der Waals surface area contributed by atoms with E-state index in [1.807, 2.05) is 31.2 Å². The molecule has 0 N–H and O–H groups in total. The summed E-state index contributed by atoms with van der Waals surface area (Å²) in [5.41, 5.74) is 3.81. The van der Waals surface area contributed by atoms with Crippen LogP contribution in [0, 0.1) is 12.8 Å². The van der Waals surface area contributed by atoms with Crippen LogP contribution in [0.5, 0.6) is 5.75 Å². The molecule has 0 saturated carbocycles. The second-order valence-electron chi connectivity index (χ2n) is 9.57. The van der Waals surface area contributed by atoms with Crippen molar-refractivity contribution < 1.29 is 14.3 Å². The molecule has 2 saturated heterocycles. The van der Waals surface area contributed by atoms with Gasteiger partial charge in [-0.2, -0.15) is 0 Å². The summed E-state index contributed by atoms with van der Waals surface area (Å²) in [7, 11) is 0. The van der Waals surface area contributed by atoms with E-state index in [-0.39, 0.29) is 17.9 Å². The van der Waals surface area contributed by atoms with Gasteiger partial charge < -0.3 is 9.64 Å². The molecule has 0 radical (unpaired) electrons. The maximum Gasteiger partial charge on any atom is 0.230 e. The normalized spacial score (nSPS) is 21.3. The number of imide groups is 1. The summed E-state index contributed by atoms with van der Waals surface area (Å²) in [6, 6.07) is 7.89. The van der Waals surface area contributed by atoms with Crippen molar-refractivity contribution in [3.05, 3.63) is 45.9 Å². The fraction of sp³-hybridized carbons (Fsp3) is 0.444. The first kappa shape index (κ1) is 24.2. The lowest BCUT2D eigenvalue weighted by molar-refractivity contribution is -0.138. The van der Waals surface area contributed by atoms with Crippen LogP contribution in [0.2, 0.25) is 5.02 Å². The van der Waals surface area contributed by atoms with E-state index >= 15 is 0 Å². The van der Waals surface area contributed by atoms with Crippen molar-refractivity contribution >= 4 is 45.0 Å². The van der Waals surface area contributed by atoms with E-state index in [0.29, 0.717) is 30.3 Å². The van der Waals surface area contributed by atoms with Crippen molar-refractivity contribution in [2.24, 2.45) is 5.92 Å². The first-order valence-corrected chi connectivity index (χ1v) is 13.4. The van der Waals surface area contributed by atoms with E-state index in [0.717, 1.165) is 63.6 Å². The zero-order chi connectivity index (χ0) is 24.7. The van der Waals surface area contributed by atoms with Crippen molar-refractivity contribution in [3.63, 3.8) is 0 Å². The Balaban J connectivity index is 1.51. The molecule has 0 bridgehead atoms. The quantitative estimate of drug-likeness (QED) is 0.398. The summed E-state index contributed by atoms with van der Waals surface area (Å²) in [4.78, 5) is 33.6. The molecular weight excluding hydrogens is 482 g/mol. The summed E-state index contributed by atoms with van der Waals surface area (Å²) in [6.45, 7) is 9.93. The van der Waals surface area contributed by atoms with E-state index in [9.17, 15) is 9.59 Å². The van der Waals surface area contributed by atoms with Gasteiger partial charge in [0.1, 0.15) is 11.9 Å². The molecule has 0 spiro atoms. The summed E-state index contributed by atoms with van der Waals surface area (Å²) in [5.74, 6) is 1.08. The SMILES string of the molecule is CCN1CC[C@@H](Oc2c(C)cc(Cl)cc2-c2ccnc3cc(CN4C(=O)CCC4=O)sc23)[C@@H](C)C1. The lowest BCUT2D eigenvalue weighted by Gasteiger charge is -2.37. The third kappa shape index (κ3) is 4.82. The molecule has 2 atom stereocenters. The van der Waals surface area contributed by atoms with Crippen molar-refractivity contribution in [3.8, 4) is 16.9 Å². The number of piperidine rings is 1. The highest BCUT2D eigenvalue weighted by atomic mass is 35.5. The van der Waals surface area contributed by atoms with Crippen LogP contribution in [0.3, 0.4) is 0 Å². The highest BCUT2D eigenvalue weighted by molar-refractivity contribution is 7.19. The number of aryl methyl sites for hydroxylation is 1. The number of carbonyl (C=O) groups is 2. The molecule has 0 aliphatic carbocycles. The molecule has 5 rings (SSSR count). The van der Waals surface area contributed by atoms with Crippen molar-refractivity contribution in [2.45, 2.75) is 52.7 Å². The highest BCUT2D eigenvalue weighted by Gasteiger charge is 2.30. The summed E-state index contributed by atoms with van der Waals surface area (Å²) in [5, 5.41) is 0.661. The van der Waals surface area contributed by atoms with E-state index in [2.05, 4.69) is 23.7 Å². The van der Waals surface area contributed by atoms with Gasteiger partial charge in [-0.15, -0.1) is 11.3 Å². The van der Waals surface area contributed by atoms with E-state index in [1.165, 1.54) is 4.90 Å². The van der Waals surface area contributed by atoms with Crippen LogP contribution >= 0.6 is 22.9 Å². The number of fused-ring (bicyclic) bond motifs is 1. The van der Waals surface area contributed by atoms with Crippen LogP contribution in [-0.2, 0) is 16.1 Å². The number of amides is 2. The van der Waals surface area contributed by atoms with Crippen molar-refractivity contribution in [2.75, 3.05) is 19.6 Å². The monoisotopic (exact) mass is 511 g/mol. The molecule has 0 unspecified atom stereocenters. The number of nitrogens with zero attached hydrogens (tertiary/aromatic N) is 3. The average Bonchev–Trinajstić information content (AvgIpc) is 3.39. The largest absolute Gasteiger partial charge is 0.489 e. The van der Waals surface area contributed by atoms with Gasteiger partial charge in [-0.25, -0.2) is 0 Å². The fourth-order valence-corrected chi connectivity index (χ4v) is 6.55. The second-order valence-corrected chi connectivity index (χ2v) is 11.1. The number of ether oxygens (including phenoxy) is 1. The van der Waals surface area contributed by atoms with Crippen LogP contribution in [0.1, 0.15) is 43.6 Å². The Morgan fingerprint density at radius 2 is 1.94 bits per heavy atom. The molecule has 35 heavy (non-hydrogen) atoms. The van der Waals surface area contributed by atoms with Crippen LogP contribution in [0.15, 0.2) is 30.5 Å².